The zero-order valence-corrected chi connectivity index (χ0v) is 8.51. The van der Waals surface area contributed by atoms with Crippen molar-refractivity contribution in [2.45, 2.75) is 31.9 Å². The van der Waals surface area contributed by atoms with Crippen LogP contribution in [0.5, 0.6) is 0 Å². The molecule has 2 atom stereocenters. The standard InChI is InChI=1S/C9H14N2OS/c1-6(10)7-5-13-9(11-7)8-3-2-4-12-8/h5-6,8H,2-4,10H2,1H3. The van der Waals surface area contributed by atoms with Crippen LogP contribution >= 0.6 is 11.3 Å². The third kappa shape index (κ3) is 1.90. The highest BCUT2D eigenvalue weighted by Gasteiger charge is 2.21. The Hall–Kier alpha value is -0.450. The average Bonchev–Trinajstić information content (AvgIpc) is 2.75. The van der Waals surface area contributed by atoms with E-state index in [1.165, 1.54) is 0 Å². The summed E-state index contributed by atoms with van der Waals surface area (Å²) in [5, 5.41) is 3.12. The van der Waals surface area contributed by atoms with Gasteiger partial charge in [-0.2, -0.15) is 0 Å². The minimum atomic E-state index is 0.0337. The summed E-state index contributed by atoms with van der Waals surface area (Å²) < 4.78 is 5.54. The third-order valence-electron chi connectivity index (χ3n) is 2.21. The molecule has 4 heteroatoms. The average molecular weight is 198 g/mol. The SMILES string of the molecule is CC(N)c1csc(C2CCCO2)n1. The molecule has 1 aliphatic heterocycles. The van der Waals surface area contributed by atoms with Crippen LogP contribution in [0.1, 0.15) is 42.6 Å². The van der Waals surface area contributed by atoms with Crippen molar-refractivity contribution in [1.82, 2.24) is 4.98 Å². The van der Waals surface area contributed by atoms with Crippen LogP contribution in [0.3, 0.4) is 0 Å². The van der Waals surface area contributed by atoms with E-state index in [0.29, 0.717) is 0 Å². The van der Waals surface area contributed by atoms with E-state index < -0.39 is 0 Å². The fourth-order valence-corrected chi connectivity index (χ4v) is 2.43. The Kier molecular flexibility index (Phi) is 2.62. The fraction of sp³-hybridized carbons (Fsp3) is 0.667. The minimum Gasteiger partial charge on any atom is -0.371 e. The van der Waals surface area contributed by atoms with Crippen molar-refractivity contribution >= 4 is 11.3 Å². The predicted molar refractivity (Wildman–Crippen MR) is 52.6 cm³/mol. The fourth-order valence-electron chi connectivity index (χ4n) is 1.43. The predicted octanol–water partition coefficient (Wildman–Crippen LogP) is 2.01. The molecule has 1 aromatic rings. The lowest BCUT2D eigenvalue weighted by atomic mass is 10.2. The van der Waals surface area contributed by atoms with Gasteiger partial charge in [-0.25, -0.2) is 4.98 Å². The number of hydrogen-bond acceptors (Lipinski definition) is 4. The number of rotatable bonds is 2. The molecule has 1 aliphatic rings. The van der Waals surface area contributed by atoms with E-state index in [9.17, 15) is 0 Å². The maximum atomic E-state index is 5.73. The van der Waals surface area contributed by atoms with Crippen molar-refractivity contribution < 1.29 is 4.74 Å². The summed E-state index contributed by atoms with van der Waals surface area (Å²) in [6.45, 7) is 2.83. The van der Waals surface area contributed by atoms with Gasteiger partial charge in [0.05, 0.1) is 5.69 Å². The van der Waals surface area contributed by atoms with E-state index >= 15 is 0 Å². The van der Waals surface area contributed by atoms with Gasteiger partial charge in [0.2, 0.25) is 0 Å². The van der Waals surface area contributed by atoms with Gasteiger partial charge in [-0.05, 0) is 19.8 Å². The summed E-state index contributed by atoms with van der Waals surface area (Å²) in [6, 6.07) is 0.0337. The molecule has 2 unspecified atom stereocenters. The van der Waals surface area contributed by atoms with Crippen LogP contribution in [0.25, 0.3) is 0 Å². The van der Waals surface area contributed by atoms with E-state index in [2.05, 4.69) is 4.98 Å². The quantitative estimate of drug-likeness (QED) is 0.790. The maximum Gasteiger partial charge on any atom is 0.122 e. The lowest BCUT2D eigenvalue weighted by molar-refractivity contribution is 0.111. The first-order valence-corrected chi connectivity index (χ1v) is 5.48. The van der Waals surface area contributed by atoms with E-state index in [1.54, 1.807) is 11.3 Å². The Balaban J connectivity index is 2.12. The lowest BCUT2D eigenvalue weighted by Crippen LogP contribution is -2.05. The van der Waals surface area contributed by atoms with Crippen molar-refractivity contribution in [3.05, 3.63) is 16.1 Å². The highest BCUT2D eigenvalue weighted by atomic mass is 32.1. The molecular weight excluding hydrogens is 184 g/mol. The molecule has 2 N–H and O–H groups in total. The normalized spacial score (nSPS) is 24.9. The summed E-state index contributed by atoms with van der Waals surface area (Å²) in [4.78, 5) is 4.46. The number of hydrogen-bond donors (Lipinski definition) is 1. The molecule has 0 spiro atoms. The minimum absolute atomic E-state index is 0.0337. The molecule has 0 aliphatic carbocycles. The van der Waals surface area contributed by atoms with Crippen molar-refractivity contribution in [2.75, 3.05) is 6.61 Å². The van der Waals surface area contributed by atoms with Gasteiger partial charge in [0.15, 0.2) is 0 Å². The monoisotopic (exact) mass is 198 g/mol. The van der Waals surface area contributed by atoms with Gasteiger partial charge in [0.1, 0.15) is 11.1 Å². The molecule has 1 fully saturated rings. The van der Waals surface area contributed by atoms with E-state index in [0.717, 1.165) is 30.2 Å². The first-order chi connectivity index (χ1) is 6.27. The smallest absolute Gasteiger partial charge is 0.122 e. The Bertz CT molecular complexity index is 279. The molecule has 72 valence electrons. The van der Waals surface area contributed by atoms with Gasteiger partial charge >= 0.3 is 0 Å². The second kappa shape index (κ2) is 3.74. The molecule has 13 heavy (non-hydrogen) atoms. The molecule has 0 radical (unpaired) electrons. The largest absolute Gasteiger partial charge is 0.371 e. The first kappa shape index (κ1) is 9.12. The van der Waals surface area contributed by atoms with Gasteiger partial charge in [-0.3, -0.25) is 0 Å². The highest BCUT2D eigenvalue weighted by Crippen LogP contribution is 2.31. The molecule has 0 aromatic carbocycles. The third-order valence-corrected chi connectivity index (χ3v) is 3.17. The van der Waals surface area contributed by atoms with Crippen molar-refractivity contribution in [2.24, 2.45) is 5.73 Å². The van der Waals surface area contributed by atoms with Crippen molar-refractivity contribution in [3.8, 4) is 0 Å². The lowest BCUT2D eigenvalue weighted by Gasteiger charge is -2.04. The maximum absolute atomic E-state index is 5.73. The Morgan fingerprint density at radius 2 is 2.62 bits per heavy atom. The molecule has 2 heterocycles. The molecule has 3 nitrogen and oxygen atoms in total. The number of aromatic nitrogens is 1. The van der Waals surface area contributed by atoms with Crippen LogP contribution in [-0.4, -0.2) is 11.6 Å². The van der Waals surface area contributed by atoms with Crippen LogP contribution < -0.4 is 5.73 Å². The summed E-state index contributed by atoms with van der Waals surface area (Å²) >= 11 is 1.66. The summed E-state index contributed by atoms with van der Waals surface area (Å²) in [5.74, 6) is 0. The molecule has 2 rings (SSSR count). The van der Waals surface area contributed by atoms with Crippen LogP contribution in [0.15, 0.2) is 5.38 Å². The van der Waals surface area contributed by atoms with Gasteiger partial charge in [-0.1, -0.05) is 0 Å². The van der Waals surface area contributed by atoms with E-state index in [-0.39, 0.29) is 12.1 Å². The van der Waals surface area contributed by atoms with Gasteiger partial charge in [0.25, 0.3) is 0 Å². The molecular formula is C9H14N2OS. The highest BCUT2D eigenvalue weighted by molar-refractivity contribution is 7.09. The zero-order valence-electron chi connectivity index (χ0n) is 7.69. The Morgan fingerprint density at radius 1 is 1.77 bits per heavy atom. The second-order valence-electron chi connectivity index (χ2n) is 3.40. The summed E-state index contributed by atoms with van der Waals surface area (Å²) in [6.07, 6.45) is 2.49. The molecule has 0 bridgehead atoms. The van der Waals surface area contributed by atoms with E-state index in [1.807, 2.05) is 12.3 Å². The number of nitrogens with two attached hydrogens (primary N) is 1. The molecule has 1 aromatic heterocycles. The van der Waals surface area contributed by atoms with E-state index in [4.69, 9.17) is 10.5 Å². The first-order valence-electron chi connectivity index (χ1n) is 4.60. The number of thiazole rings is 1. The summed E-state index contributed by atoms with van der Waals surface area (Å²) in [5.41, 5.74) is 6.71. The van der Waals surface area contributed by atoms with Crippen LogP contribution in [0, 0.1) is 0 Å². The number of nitrogens with zero attached hydrogens (tertiary/aromatic N) is 1. The molecule has 0 amide bonds. The Morgan fingerprint density at radius 3 is 3.15 bits per heavy atom. The van der Waals surface area contributed by atoms with Crippen LogP contribution in [0.2, 0.25) is 0 Å². The second-order valence-corrected chi connectivity index (χ2v) is 4.29. The van der Waals surface area contributed by atoms with Gasteiger partial charge in [-0.15, -0.1) is 11.3 Å². The van der Waals surface area contributed by atoms with Gasteiger partial charge < -0.3 is 10.5 Å². The van der Waals surface area contributed by atoms with Gasteiger partial charge in [0, 0.05) is 18.0 Å². The van der Waals surface area contributed by atoms with Crippen LogP contribution in [-0.2, 0) is 4.74 Å². The zero-order chi connectivity index (χ0) is 9.26. The molecule has 1 saturated heterocycles. The topological polar surface area (TPSA) is 48.1 Å². The molecule has 0 saturated carbocycles. The van der Waals surface area contributed by atoms with Crippen LogP contribution in [0.4, 0.5) is 0 Å². The van der Waals surface area contributed by atoms with Crippen molar-refractivity contribution in [3.63, 3.8) is 0 Å². The Labute approximate surface area is 81.9 Å². The van der Waals surface area contributed by atoms with Crippen molar-refractivity contribution in [1.29, 1.82) is 0 Å². The number of ether oxygens (including phenoxy) is 1. The summed E-state index contributed by atoms with van der Waals surface area (Å²) in [7, 11) is 0.